The van der Waals surface area contributed by atoms with Crippen molar-refractivity contribution in [3.8, 4) is 0 Å². The zero-order valence-corrected chi connectivity index (χ0v) is 22.7. The summed E-state index contributed by atoms with van der Waals surface area (Å²) in [6.45, 7) is 11.3. The summed E-state index contributed by atoms with van der Waals surface area (Å²) in [4.78, 5) is 50.3. The summed E-state index contributed by atoms with van der Waals surface area (Å²) in [5, 5.41) is 11.1. The van der Waals surface area contributed by atoms with E-state index in [-0.39, 0.29) is 12.2 Å². The summed E-state index contributed by atoms with van der Waals surface area (Å²) < 4.78 is 35.8. The number of aliphatic hydroxyl groups is 1. The van der Waals surface area contributed by atoms with Crippen LogP contribution in [-0.4, -0.2) is 88.8 Å². The van der Waals surface area contributed by atoms with Crippen LogP contribution in [0.2, 0.25) is 0 Å². The fraction of sp³-hybridized carbons (Fsp3) is 0.769. The molecule has 4 saturated heterocycles. The highest BCUT2D eigenvalue weighted by molar-refractivity contribution is 6.23. The van der Waals surface area contributed by atoms with Gasteiger partial charge in [0, 0.05) is 32.1 Å². The number of aliphatic hydroxyl groups excluding tert-OH is 1. The van der Waals surface area contributed by atoms with Crippen LogP contribution in [0.5, 0.6) is 0 Å². The second kappa shape index (κ2) is 8.90. The summed E-state index contributed by atoms with van der Waals surface area (Å²) in [6, 6.07) is 0. The lowest BCUT2D eigenvalue weighted by atomic mass is 9.51. The topological polar surface area (TPSA) is 147 Å². The largest absolute Gasteiger partial charge is 0.462 e. The Morgan fingerprint density at radius 3 is 2.26 bits per heavy atom. The molecule has 12 heteroatoms. The number of alkyl halides is 1. The number of epoxide rings is 1. The molecule has 38 heavy (non-hydrogen) atoms. The number of fused-ring (bicyclic) bond motifs is 3. The van der Waals surface area contributed by atoms with Crippen molar-refractivity contribution in [3.05, 3.63) is 12.2 Å². The third kappa shape index (κ3) is 3.65. The molecule has 1 saturated carbocycles. The average Bonchev–Trinajstić information content (AvgIpc) is 3.54. The molecule has 5 rings (SSSR count). The Balaban J connectivity index is 1.81. The maximum absolute atomic E-state index is 13.1. The molecule has 11 nitrogen and oxygen atoms in total. The van der Waals surface area contributed by atoms with Crippen molar-refractivity contribution < 1.29 is 52.7 Å². The fourth-order valence-electron chi connectivity index (χ4n) is 7.43. The van der Waals surface area contributed by atoms with E-state index in [2.05, 4.69) is 6.58 Å². The second-order valence-corrected chi connectivity index (χ2v) is 11.8. The number of carbonyl (C=O) groups is 4. The molecule has 12 unspecified atom stereocenters. The van der Waals surface area contributed by atoms with Gasteiger partial charge in [0.05, 0.1) is 23.5 Å². The molecular weight excluding hydrogens is 524 g/mol. The van der Waals surface area contributed by atoms with Crippen molar-refractivity contribution >= 4 is 35.5 Å². The number of hydrogen-bond donors (Lipinski definition) is 1. The Kier molecular flexibility index (Phi) is 6.41. The zero-order valence-electron chi connectivity index (χ0n) is 21.9. The predicted octanol–water partition coefficient (Wildman–Crippen LogP) is 1.20. The van der Waals surface area contributed by atoms with Crippen molar-refractivity contribution in [2.45, 2.75) is 101 Å². The number of ether oxygens (including phenoxy) is 6. The minimum Gasteiger partial charge on any atom is -0.462 e. The first-order valence-electron chi connectivity index (χ1n) is 12.8. The molecule has 2 bridgehead atoms. The van der Waals surface area contributed by atoms with Gasteiger partial charge in [-0.15, -0.1) is 11.6 Å². The van der Waals surface area contributed by atoms with Gasteiger partial charge in [-0.2, -0.15) is 0 Å². The smallest absolute Gasteiger partial charge is 0.312 e. The van der Waals surface area contributed by atoms with E-state index in [9.17, 15) is 24.3 Å². The Morgan fingerprint density at radius 2 is 1.71 bits per heavy atom. The summed E-state index contributed by atoms with van der Waals surface area (Å²) in [5.74, 6) is -4.40. The lowest BCUT2D eigenvalue weighted by molar-refractivity contribution is -0.307. The average molecular weight is 557 g/mol. The highest BCUT2D eigenvalue weighted by Gasteiger charge is 2.79. The third-order valence-corrected chi connectivity index (χ3v) is 9.72. The predicted molar refractivity (Wildman–Crippen MR) is 128 cm³/mol. The molecule has 4 aliphatic heterocycles. The van der Waals surface area contributed by atoms with Crippen molar-refractivity contribution in [1.29, 1.82) is 0 Å². The Labute approximate surface area is 225 Å². The van der Waals surface area contributed by atoms with E-state index in [4.69, 9.17) is 40.0 Å². The van der Waals surface area contributed by atoms with Gasteiger partial charge < -0.3 is 33.5 Å². The maximum Gasteiger partial charge on any atom is 0.312 e. The summed E-state index contributed by atoms with van der Waals surface area (Å²) in [7, 11) is 0. The SMILES string of the molecule is C=C1C(Cl)C2OC(=O)C(C)C23OC1C(OC(C)=O)C(O)C1(C)C(OC(C)=O)CCC2(CO2)C1C3OC(C)=O. The number of hydrogen-bond acceptors (Lipinski definition) is 11. The van der Waals surface area contributed by atoms with Gasteiger partial charge in [-0.3, -0.25) is 19.2 Å². The van der Waals surface area contributed by atoms with E-state index < -0.39 is 94.3 Å². The molecule has 1 aliphatic carbocycles. The number of esters is 4. The maximum atomic E-state index is 13.1. The highest BCUT2D eigenvalue weighted by atomic mass is 35.5. The van der Waals surface area contributed by atoms with E-state index in [0.717, 1.165) is 0 Å². The van der Waals surface area contributed by atoms with Crippen LogP contribution in [0.15, 0.2) is 12.2 Å². The summed E-state index contributed by atoms with van der Waals surface area (Å²) in [5.41, 5.74) is -3.72. The lowest BCUT2D eigenvalue weighted by Crippen LogP contribution is -2.77. The van der Waals surface area contributed by atoms with Gasteiger partial charge in [0.25, 0.3) is 0 Å². The molecular formula is C26H33ClO11. The molecule has 0 aromatic carbocycles. The van der Waals surface area contributed by atoms with Gasteiger partial charge in [-0.1, -0.05) is 13.5 Å². The van der Waals surface area contributed by atoms with Gasteiger partial charge in [-0.05, 0) is 25.3 Å². The van der Waals surface area contributed by atoms with Crippen molar-refractivity contribution in [1.82, 2.24) is 0 Å². The first kappa shape index (κ1) is 27.4. The van der Waals surface area contributed by atoms with E-state index >= 15 is 0 Å². The van der Waals surface area contributed by atoms with E-state index in [1.807, 2.05) is 0 Å². The monoisotopic (exact) mass is 556 g/mol. The molecule has 0 aromatic rings. The zero-order chi connectivity index (χ0) is 27.9. The Morgan fingerprint density at radius 1 is 1.11 bits per heavy atom. The standard InChI is InChI=1S/C26H33ClO11/c1-10-16(27)21-26(11(2)23(32)37-21)22(36-14(5)30)19-24(6,20(31)18(17(10)38-26)35-13(4)29)15(34-12(3)28)7-8-25(19)9-33-25/h11,15-22,31H,1,7-9H2,2-6H3. The Hall–Kier alpha value is -2.21. The first-order chi connectivity index (χ1) is 17.7. The summed E-state index contributed by atoms with van der Waals surface area (Å²) in [6.07, 6.45) is -6.52. The third-order valence-electron chi connectivity index (χ3n) is 9.21. The molecule has 0 amide bonds. The molecule has 5 aliphatic rings. The first-order valence-corrected chi connectivity index (χ1v) is 13.2. The van der Waals surface area contributed by atoms with Gasteiger partial charge in [0.15, 0.2) is 17.8 Å². The molecule has 0 radical (unpaired) electrons. The molecule has 12 atom stereocenters. The van der Waals surface area contributed by atoms with Crippen LogP contribution in [0.3, 0.4) is 0 Å². The minimum absolute atomic E-state index is 0.223. The van der Waals surface area contributed by atoms with Crippen molar-refractivity contribution in [2.75, 3.05) is 6.61 Å². The molecule has 2 spiro atoms. The Bertz CT molecular complexity index is 1090. The van der Waals surface area contributed by atoms with Crippen LogP contribution < -0.4 is 0 Å². The van der Waals surface area contributed by atoms with Crippen LogP contribution >= 0.6 is 11.6 Å². The van der Waals surface area contributed by atoms with Gasteiger partial charge in [0.1, 0.15) is 24.4 Å². The lowest BCUT2D eigenvalue weighted by Gasteiger charge is -2.62. The fourth-order valence-corrected chi connectivity index (χ4v) is 7.81. The molecule has 1 N–H and O–H groups in total. The number of rotatable bonds is 3. The quantitative estimate of drug-likeness (QED) is 0.176. The molecule has 5 fully saturated rings. The van der Waals surface area contributed by atoms with Crippen LogP contribution in [0, 0.1) is 17.3 Å². The molecule has 210 valence electrons. The van der Waals surface area contributed by atoms with E-state index in [1.165, 1.54) is 20.8 Å². The van der Waals surface area contributed by atoms with Crippen molar-refractivity contribution in [3.63, 3.8) is 0 Å². The van der Waals surface area contributed by atoms with Gasteiger partial charge >= 0.3 is 23.9 Å². The van der Waals surface area contributed by atoms with E-state index in [0.29, 0.717) is 12.8 Å². The normalized spacial score (nSPS) is 49.1. The molecule has 0 aromatic heterocycles. The van der Waals surface area contributed by atoms with Crippen LogP contribution in [0.25, 0.3) is 0 Å². The van der Waals surface area contributed by atoms with Crippen molar-refractivity contribution in [2.24, 2.45) is 17.3 Å². The highest BCUT2D eigenvalue weighted by Crippen LogP contribution is 2.65. The van der Waals surface area contributed by atoms with Crippen LogP contribution in [0.1, 0.15) is 47.5 Å². The van der Waals surface area contributed by atoms with Gasteiger partial charge in [0.2, 0.25) is 0 Å². The molecule has 4 heterocycles. The summed E-state index contributed by atoms with van der Waals surface area (Å²) >= 11 is 6.85. The second-order valence-electron chi connectivity index (χ2n) is 11.3. The number of carbonyl (C=O) groups excluding carboxylic acids is 4. The minimum atomic E-state index is -1.65. The number of halogens is 1. The van der Waals surface area contributed by atoms with Crippen LogP contribution in [0.4, 0.5) is 0 Å². The van der Waals surface area contributed by atoms with Gasteiger partial charge in [-0.25, -0.2) is 0 Å². The van der Waals surface area contributed by atoms with Crippen LogP contribution in [-0.2, 0) is 47.6 Å². The van der Waals surface area contributed by atoms with E-state index in [1.54, 1.807) is 13.8 Å².